The SMILES string of the molecule is CC(O)Nc1nc(Nc2ccccc2)nc(NC(C)O)n1. The molecule has 0 aliphatic carbocycles. The number of aliphatic hydroxyl groups excluding tert-OH is 2. The second kappa shape index (κ2) is 6.82. The molecule has 0 amide bonds. The molecule has 0 fully saturated rings. The molecular formula is C13H18N6O2. The molecule has 0 spiro atoms. The van der Waals surface area contributed by atoms with Crippen LogP contribution < -0.4 is 16.0 Å². The molecule has 0 aliphatic rings. The van der Waals surface area contributed by atoms with E-state index in [1.165, 1.54) is 0 Å². The van der Waals surface area contributed by atoms with Gasteiger partial charge in [-0.1, -0.05) is 18.2 Å². The Bertz CT molecular complexity index is 548. The highest BCUT2D eigenvalue weighted by Gasteiger charge is 2.09. The van der Waals surface area contributed by atoms with Crippen molar-refractivity contribution in [3.8, 4) is 0 Å². The molecule has 0 radical (unpaired) electrons. The fourth-order valence-corrected chi connectivity index (χ4v) is 1.59. The third-order valence-electron chi connectivity index (χ3n) is 2.34. The normalized spacial score (nSPS) is 13.3. The standard InChI is InChI=1S/C13H18N6O2/c1-8(20)14-11-17-12(15-9(2)21)19-13(18-11)16-10-6-4-3-5-7-10/h3-9,20-21H,1-2H3,(H3,14,15,16,17,18,19). The number of anilines is 4. The third kappa shape index (κ3) is 4.86. The Labute approximate surface area is 122 Å². The second-order valence-corrected chi connectivity index (χ2v) is 4.44. The van der Waals surface area contributed by atoms with E-state index in [2.05, 4.69) is 30.9 Å². The van der Waals surface area contributed by atoms with Crippen LogP contribution >= 0.6 is 0 Å². The number of aromatic nitrogens is 3. The van der Waals surface area contributed by atoms with E-state index in [4.69, 9.17) is 0 Å². The van der Waals surface area contributed by atoms with Crippen molar-refractivity contribution in [3.63, 3.8) is 0 Å². The Balaban J connectivity index is 2.25. The third-order valence-corrected chi connectivity index (χ3v) is 2.34. The molecule has 2 unspecified atom stereocenters. The van der Waals surface area contributed by atoms with Gasteiger partial charge in [0.1, 0.15) is 12.5 Å². The Kier molecular flexibility index (Phi) is 4.85. The second-order valence-electron chi connectivity index (χ2n) is 4.44. The Morgan fingerprint density at radius 3 is 1.76 bits per heavy atom. The molecule has 21 heavy (non-hydrogen) atoms. The Hall–Kier alpha value is -2.45. The number of nitrogens with zero attached hydrogens (tertiary/aromatic N) is 3. The van der Waals surface area contributed by atoms with Crippen molar-refractivity contribution in [1.29, 1.82) is 0 Å². The molecule has 0 bridgehead atoms. The number of para-hydroxylation sites is 1. The summed E-state index contributed by atoms with van der Waals surface area (Å²) >= 11 is 0. The van der Waals surface area contributed by atoms with Crippen LogP contribution in [0.15, 0.2) is 30.3 Å². The molecule has 112 valence electrons. The zero-order chi connectivity index (χ0) is 15.2. The highest BCUT2D eigenvalue weighted by molar-refractivity contribution is 5.55. The molecule has 5 N–H and O–H groups in total. The van der Waals surface area contributed by atoms with Gasteiger partial charge in [0.2, 0.25) is 17.8 Å². The number of hydrogen-bond donors (Lipinski definition) is 5. The van der Waals surface area contributed by atoms with E-state index in [-0.39, 0.29) is 11.9 Å². The minimum absolute atomic E-state index is 0.196. The molecule has 0 saturated carbocycles. The van der Waals surface area contributed by atoms with Crippen molar-refractivity contribution in [2.75, 3.05) is 16.0 Å². The minimum atomic E-state index is -0.809. The summed E-state index contributed by atoms with van der Waals surface area (Å²) in [5.41, 5.74) is 0.815. The van der Waals surface area contributed by atoms with Crippen LogP contribution in [0.5, 0.6) is 0 Å². The number of hydrogen-bond acceptors (Lipinski definition) is 8. The van der Waals surface area contributed by atoms with Crippen LogP contribution in [-0.4, -0.2) is 37.6 Å². The zero-order valence-electron chi connectivity index (χ0n) is 11.8. The number of nitrogens with one attached hydrogen (secondary N) is 3. The fourth-order valence-electron chi connectivity index (χ4n) is 1.59. The highest BCUT2D eigenvalue weighted by Crippen LogP contribution is 2.15. The maximum atomic E-state index is 9.36. The van der Waals surface area contributed by atoms with Crippen molar-refractivity contribution < 1.29 is 10.2 Å². The molecule has 1 heterocycles. The zero-order valence-corrected chi connectivity index (χ0v) is 11.8. The molecule has 2 rings (SSSR count). The van der Waals surface area contributed by atoms with E-state index >= 15 is 0 Å². The molecule has 0 saturated heterocycles. The monoisotopic (exact) mass is 290 g/mol. The molecule has 8 nitrogen and oxygen atoms in total. The first-order valence-corrected chi connectivity index (χ1v) is 6.50. The lowest BCUT2D eigenvalue weighted by molar-refractivity contribution is 0.222. The molecule has 2 atom stereocenters. The molecule has 2 aromatic rings. The van der Waals surface area contributed by atoms with Gasteiger partial charge in [0.15, 0.2) is 0 Å². The lowest BCUT2D eigenvalue weighted by atomic mass is 10.3. The van der Waals surface area contributed by atoms with Gasteiger partial charge in [-0.05, 0) is 26.0 Å². The quantitative estimate of drug-likeness (QED) is 0.503. The molecule has 8 heteroatoms. The van der Waals surface area contributed by atoms with Crippen LogP contribution in [0.4, 0.5) is 23.5 Å². The van der Waals surface area contributed by atoms with Gasteiger partial charge in [0, 0.05) is 5.69 Å². The van der Waals surface area contributed by atoms with Crippen molar-refractivity contribution in [1.82, 2.24) is 15.0 Å². The highest BCUT2D eigenvalue weighted by atomic mass is 16.3. The largest absolute Gasteiger partial charge is 0.374 e. The summed E-state index contributed by atoms with van der Waals surface area (Å²) in [7, 11) is 0. The number of rotatable bonds is 6. The summed E-state index contributed by atoms with van der Waals surface area (Å²) in [5, 5.41) is 27.1. The van der Waals surface area contributed by atoms with Gasteiger partial charge in [0.05, 0.1) is 0 Å². The average Bonchev–Trinajstić information content (AvgIpc) is 2.37. The average molecular weight is 290 g/mol. The summed E-state index contributed by atoms with van der Waals surface area (Å²) in [6.45, 7) is 3.10. The van der Waals surface area contributed by atoms with Crippen molar-refractivity contribution in [2.24, 2.45) is 0 Å². The van der Waals surface area contributed by atoms with Crippen molar-refractivity contribution in [3.05, 3.63) is 30.3 Å². The van der Waals surface area contributed by atoms with Gasteiger partial charge in [-0.2, -0.15) is 15.0 Å². The Morgan fingerprint density at radius 1 is 0.810 bits per heavy atom. The van der Waals surface area contributed by atoms with Gasteiger partial charge < -0.3 is 26.2 Å². The summed E-state index contributed by atoms with van der Waals surface area (Å²) in [4.78, 5) is 12.4. The van der Waals surface area contributed by atoms with Crippen LogP contribution in [-0.2, 0) is 0 Å². The van der Waals surface area contributed by atoms with Gasteiger partial charge in [-0.15, -0.1) is 0 Å². The lowest BCUT2D eigenvalue weighted by Crippen LogP contribution is -2.20. The minimum Gasteiger partial charge on any atom is -0.374 e. The van der Waals surface area contributed by atoms with Gasteiger partial charge in [0.25, 0.3) is 0 Å². The van der Waals surface area contributed by atoms with Crippen molar-refractivity contribution in [2.45, 2.75) is 26.3 Å². The van der Waals surface area contributed by atoms with Crippen molar-refractivity contribution >= 4 is 23.5 Å². The van der Waals surface area contributed by atoms with E-state index in [0.29, 0.717) is 5.95 Å². The van der Waals surface area contributed by atoms with Crippen LogP contribution in [0.25, 0.3) is 0 Å². The fraction of sp³-hybridized carbons (Fsp3) is 0.308. The topological polar surface area (TPSA) is 115 Å². The lowest BCUT2D eigenvalue weighted by Gasteiger charge is -2.13. The van der Waals surface area contributed by atoms with E-state index < -0.39 is 12.5 Å². The maximum absolute atomic E-state index is 9.36. The smallest absolute Gasteiger partial charge is 0.233 e. The first kappa shape index (κ1) is 14.9. The summed E-state index contributed by atoms with van der Waals surface area (Å²) in [6.07, 6.45) is -1.62. The number of aliphatic hydroxyl groups is 2. The maximum Gasteiger partial charge on any atom is 0.233 e. The van der Waals surface area contributed by atoms with Crippen LogP contribution in [0, 0.1) is 0 Å². The number of benzene rings is 1. The predicted molar refractivity (Wildman–Crippen MR) is 80.2 cm³/mol. The van der Waals surface area contributed by atoms with Crippen LogP contribution in [0.1, 0.15) is 13.8 Å². The van der Waals surface area contributed by atoms with Gasteiger partial charge in [-0.25, -0.2) is 0 Å². The predicted octanol–water partition coefficient (Wildman–Crippen LogP) is 1.12. The molecule has 1 aromatic carbocycles. The molecule has 0 aliphatic heterocycles. The summed E-state index contributed by atoms with van der Waals surface area (Å²) in [5.74, 6) is 0.686. The molecule has 1 aromatic heterocycles. The van der Waals surface area contributed by atoms with E-state index in [1.54, 1.807) is 13.8 Å². The first-order valence-electron chi connectivity index (χ1n) is 6.50. The summed E-state index contributed by atoms with van der Waals surface area (Å²) < 4.78 is 0. The van der Waals surface area contributed by atoms with Gasteiger partial charge in [-0.3, -0.25) is 0 Å². The van der Waals surface area contributed by atoms with Gasteiger partial charge >= 0.3 is 0 Å². The van der Waals surface area contributed by atoms with E-state index in [1.807, 2.05) is 30.3 Å². The Morgan fingerprint density at radius 2 is 1.29 bits per heavy atom. The van der Waals surface area contributed by atoms with E-state index in [0.717, 1.165) is 5.69 Å². The summed E-state index contributed by atoms with van der Waals surface area (Å²) in [6, 6.07) is 9.40. The first-order chi connectivity index (χ1) is 10.0. The van der Waals surface area contributed by atoms with Crippen LogP contribution in [0.2, 0.25) is 0 Å². The van der Waals surface area contributed by atoms with Crippen LogP contribution in [0.3, 0.4) is 0 Å². The molecular weight excluding hydrogens is 272 g/mol. The van der Waals surface area contributed by atoms with E-state index in [9.17, 15) is 10.2 Å².